The fourth-order valence-electron chi connectivity index (χ4n) is 3.33. The monoisotopic (exact) mass is 379 g/mol. The number of carbonyl (C=O) groups is 1. The van der Waals surface area contributed by atoms with Gasteiger partial charge in [-0.25, -0.2) is 0 Å². The number of rotatable bonds is 8. The Kier molecular flexibility index (Phi) is 8.01. The molecule has 2 atom stereocenters. The molecule has 28 heavy (non-hydrogen) atoms. The number of benzene rings is 2. The van der Waals surface area contributed by atoms with Crippen molar-refractivity contribution >= 4 is 5.97 Å². The quantitative estimate of drug-likeness (QED) is 0.421. The molecule has 0 aromatic heterocycles. The SMILES string of the molecule is C/C=C\C(CC(=O)OC(C)(C)C)N(Cc1ccccc1)C(C)c1ccccc1. The Morgan fingerprint density at radius 2 is 1.61 bits per heavy atom. The van der Waals surface area contributed by atoms with Gasteiger partial charge in [-0.2, -0.15) is 0 Å². The first kappa shape index (κ1) is 21.9. The van der Waals surface area contributed by atoms with Crippen LogP contribution in [-0.2, 0) is 16.1 Å². The van der Waals surface area contributed by atoms with Crippen LogP contribution in [0.15, 0.2) is 72.8 Å². The molecule has 0 radical (unpaired) electrons. The van der Waals surface area contributed by atoms with Gasteiger partial charge in [0, 0.05) is 18.6 Å². The maximum Gasteiger partial charge on any atom is 0.308 e. The van der Waals surface area contributed by atoms with Gasteiger partial charge in [0.2, 0.25) is 0 Å². The van der Waals surface area contributed by atoms with E-state index in [-0.39, 0.29) is 18.1 Å². The Morgan fingerprint density at radius 3 is 2.14 bits per heavy atom. The second-order valence-electron chi connectivity index (χ2n) is 8.13. The van der Waals surface area contributed by atoms with Gasteiger partial charge in [-0.1, -0.05) is 72.8 Å². The van der Waals surface area contributed by atoms with Crippen LogP contribution >= 0.6 is 0 Å². The summed E-state index contributed by atoms with van der Waals surface area (Å²) >= 11 is 0. The molecular weight excluding hydrogens is 346 g/mol. The fraction of sp³-hybridized carbons (Fsp3) is 0.400. The second kappa shape index (κ2) is 10.2. The van der Waals surface area contributed by atoms with E-state index < -0.39 is 5.60 Å². The molecule has 0 aliphatic rings. The highest BCUT2D eigenvalue weighted by Gasteiger charge is 2.27. The molecule has 0 spiro atoms. The Morgan fingerprint density at radius 1 is 1.04 bits per heavy atom. The number of hydrogen-bond donors (Lipinski definition) is 0. The van der Waals surface area contributed by atoms with E-state index in [2.05, 4.69) is 66.4 Å². The molecule has 0 N–H and O–H groups in total. The van der Waals surface area contributed by atoms with E-state index in [0.29, 0.717) is 6.42 Å². The summed E-state index contributed by atoms with van der Waals surface area (Å²) in [6, 6.07) is 20.9. The van der Waals surface area contributed by atoms with Crippen LogP contribution in [0, 0.1) is 0 Å². The molecule has 2 rings (SSSR count). The van der Waals surface area contributed by atoms with Gasteiger partial charge < -0.3 is 4.74 Å². The van der Waals surface area contributed by atoms with Crippen LogP contribution in [0.5, 0.6) is 0 Å². The van der Waals surface area contributed by atoms with Gasteiger partial charge in [0.1, 0.15) is 5.60 Å². The smallest absolute Gasteiger partial charge is 0.308 e. The summed E-state index contributed by atoms with van der Waals surface area (Å²) < 4.78 is 5.60. The topological polar surface area (TPSA) is 29.5 Å². The lowest BCUT2D eigenvalue weighted by molar-refractivity contribution is -0.156. The fourth-order valence-corrected chi connectivity index (χ4v) is 3.33. The van der Waals surface area contributed by atoms with E-state index in [4.69, 9.17) is 4.74 Å². The Balaban J connectivity index is 2.31. The number of carbonyl (C=O) groups excluding carboxylic acids is 1. The maximum atomic E-state index is 12.6. The Hall–Kier alpha value is -2.39. The molecule has 0 fully saturated rings. The van der Waals surface area contributed by atoms with Crippen LogP contribution in [0.3, 0.4) is 0 Å². The molecule has 0 heterocycles. The van der Waals surface area contributed by atoms with E-state index in [1.54, 1.807) is 0 Å². The Labute approximate surface area is 170 Å². The van der Waals surface area contributed by atoms with Crippen LogP contribution in [0.1, 0.15) is 58.2 Å². The molecule has 2 aromatic rings. The number of allylic oxidation sites excluding steroid dienone is 1. The minimum Gasteiger partial charge on any atom is -0.460 e. The highest BCUT2D eigenvalue weighted by atomic mass is 16.6. The summed E-state index contributed by atoms with van der Waals surface area (Å²) in [5, 5.41) is 0. The molecule has 0 saturated carbocycles. The minimum absolute atomic E-state index is 0.0461. The molecule has 2 unspecified atom stereocenters. The lowest BCUT2D eigenvalue weighted by Gasteiger charge is -2.35. The summed E-state index contributed by atoms with van der Waals surface area (Å²) in [6.45, 7) is 10.7. The number of ether oxygens (including phenoxy) is 1. The van der Waals surface area contributed by atoms with Gasteiger partial charge in [0.25, 0.3) is 0 Å². The number of nitrogens with zero attached hydrogens (tertiary/aromatic N) is 1. The van der Waals surface area contributed by atoms with Crippen molar-refractivity contribution in [3.63, 3.8) is 0 Å². The first-order chi connectivity index (χ1) is 13.3. The van der Waals surface area contributed by atoms with Gasteiger partial charge in [0.15, 0.2) is 0 Å². The molecular formula is C25H33NO2. The number of esters is 1. The van der Waals surface area contributed by atoms with E-state index in [1.807, 2.05) is 45.9 Å². The van der Waals surface area contributed by atoms with E-state index in [9.17, 15) is 4.79 Å². The second-order valence-corrected chi connectivity index (χ2v) is 8.13. The molecule has 0 saturated heterocycles. The van der Waals surface area contributed by atoms with Gasteiger partial charge in [-0.15, -0.1) is 0 Å². The summed E-state index contributed by atoms with van der Waals surface area (Å²) in [5.41, 5.74) is 1.98. The predicted molar refractivity (Wildman–Crippen MR) is 116 cm³/mol. The predicted octanol–water partition coefficient (Wildman–Crippen LogP) is 5.93. The highest BCUT2D eigenvalue weighted by Crippen LogP contribution is 2.27. The van der Waals surface area contributed by atoms with Crippen LogP contribution < -0.4 is 0 Å². The molecule has 0 amide bonds. The third kappa shape index (κ3) is 6.97. The summed E-state index contributed by atoms with van der Waals surface area (Å²) in [4.78, 5) is 14.9. The maximum absolute atomic E-state index is 12.6. The van der Waals surface area contributed by atoms with Crippen molar-refractivity contribution in [2.45, 2.75) is 65.3 Å². The zero-order valence-corrected chi connectivity index (χ0v) is 17.8. The van der Waals surface area contributed by atoms with Gasteiger partial charge in [-0.05, 0) is 45.7 Å². The molecule has 0 aliphatic heterocycles. The van der Waals surface area contributed by atoms with Crippen molar-refractivity contribution < 1.29 is 9.53 Å². The van der Waals surface area contributed by atoms with Crippen molar-refractivity contribution in [2.24, 2.45) is 0 Å². The molecule has 2 aromatic carbocycles. The normalized spacial score (nSPS) is 14.2. The average molecular weight is 380 g/mol. The lowest BCUT2D eigenvalue weighted by atomic mass is 10.0. The van der Waals surface area contributed by atoms with Crippen molar-refractivity contribution in [2.75, 3.05) is 0 Å². The summed E-state index contributed by atoms with van der Waals surface area (Å²) in [7, 11) is 0. The minimum atomic E-state index is -0.479. The zero-order valence-electron chi connectivity index (χ0n) is 17.8. The summed E-state index contributed by atoms with van der Waals surface area (Å²) in [5.74, 6) is -0.172. The first-order valence-electron chi connectivity index (χ1n) is 9.99. The zero-order chi connectivity index (χ0) is 20.6. The molecule has 0 aliphatic carbocycles. The molecule has 3 nitrogen and oxygen atoms in total. The van der Waals surface area contributed by atoms with Crippen LogP contribution in [0.25, 0.3) is 0 Å². The standard InChI is InChI=1S/C25H33NO2/c1-6-13-23(18-24(27)28-25(3,4)5)26(19-21-14-9-7-10-15-21)20(2)22-16-11-8-12-17-22/h6-17,20,23H,18-19H2,1-5H3/b13-6-. The van der Waals surface area contributed by atoms with Gasteiger partial charge in [0.05, 0.1) is 6.42 Å². The third-order valence-electron chi connectivity index (χ3n) is 4.62. The average Bonchev–Trinajstić information content (AvgIpc) is 2.65. The van der Waals surface area contributed by atoms with Crippen LogP contribution in [-0.4, -0.2) is 22.5 Å². The van der Waals surface area contributed by atoms with E-state index >= 15 is 0 Å². The molecule has 150 valence electrons. The van der Waals surface area contributed by atoms with Crippen LogP contribution in [0.4, 0.5) is 0 Å². The third-order valence-corrected chi connectivity index (χ3v) is 4.62. The number of hydrogen-bond acceptors (Lipinski definition) is 3. The first-order valence-corrected chi connectivity index (χ1v) is 9.99. The van der Waals surface area contributed by atoms with Crippen molar-refractivity contribution in [1.29, 1.82) is 0 Å². The Bertz CT molecular complexity index is 747. The van der Waals surface area contributed by atoms with E-state index in [1.165, 1.54) is 11.1 Å². The molecule has 0 bridgehead atoms. The highest BCUT2D eigenvalue weighted by molar-refractivity contribution is 5.71. The van der Waals surface area contributed by atoms with Crippen LogP contribution in [0.2, 0.25) is 0 Å². The van der Waals surface area contributed by atoms with Crippen molar-refractivity contribution in [1.82, 2.24) is 4.90 Å². The largest absolute Gasteiger partial charge is 0.460 e. The molecule has 3 heteroatoms. The van der Waals surface area contributed by atoms with Gasteiger partial charge >= 0.3 is 5.97 Å². The lowest BCUT2D eigenvalue weighted by Crippen LogP contribution is -2.38. The van der Waals surface area contributed by atoms with Crippen molar-refractivity contribution in [3.8, 4) is 0 Å². The van der Waals surface area contributed by atoms with Crippen molar-refractivity contribution in [3.05, 3.63) is 83.9 Å². The van der Waals surface area contributed by atoms with Gasteiger partial charge in [-0.3, -0.25) is 9.69 Å². The summed E-state index contributed by atoms with van der Waals surface area (Å²) in [6.07, 6.45) is 4.45. The van der Waals surface area contributed by atoms with E-state index in [0.717, 1.165) is 6.54 Å².